The van der Waals surface area contributed by atoms with Gasteiger partial charge in [0.25, 0.3) is 0 Å². The van der Waals surface area contributed by atoms with Crippen LogP contribution >= 0.6 is 0 Å². The monoisotopic (exact) mass is 233 g/mol. The first-order valence-electron chi connectivity index (χ1n) is 6.37. The smallest absolute Gasteiger partial charge is 0.227 e. The number of rotatable bonds is 4. The first kappa shape index (κ1) is 13.8. The molecule has 0 heterocycles. The highest BCUT2D eigenvalue weighted by atomic mass is 16.1. The highest BCUT2D eigenvalue weighted by molar-refractivity contribution is 5.93. The molecule has 1 aromatic rings. The van der Waals surface area contributed by atoms with Crippen LogP contribution in [0.5, 0.6) is 0 Å². The Morgan fingerprint density at radius 2 is 1.94 bits per heavy atom. The van der Waals surface area contributed by atoms with Gasteiger partial charge in [0.05, 0.1) is 0 Å². The van der Waals surface area contributed by atoms with E-state index in [1.54, 1.807) is 0 Å². The van der Waals surface area contributed by atoms with Gasteiger partial charge in [-0.1, -0.05) is 45.9 Å². The van der Waals surface area contributed by atoms with E-state index in [0.29, 0.717) is 5.92 Å². The van der Waals surface area contributed by atoms with Gasteiger partial charge < -0.3 is 5.32 Å². The molecule has 1 aromatic carbocycles. The van der Waals surface area contributed by atoms with Crippen molar-refractivity contribution < 1.29 is 4.79 Å². The Kier molecular flexibility index (Phi) is 4.73. The summed E-state index contributed by atoms with van der Waals surface area (Å²) in [6.07, 6.45) is 0.870. The zero-order valence-electron chi connectivity index (χ0n) is 11.5. The third kappa shape index (κ3) is 3.32. The molecule has 0 unspecified atom stereocenters. The highest BCUT2D eigenvalue weighted by Crippen LogP contribution is 2.27. The number of anilines is 1. The summed E-state index contributed by atoms with van der Waals surface area (Å²) < 4.78 is 0. The molecule has 0 bridgehead atoms. The van der Waals surface area contributed by atoms with Crippen molar-refractivity contribution in [2.24, 2.45) is 5.92 Å². The average Bonchev–Trinajstić information content (AvgIpc) is 2.30. The van der Waals surface area contributed by atoms with Gasteiger partial charge in [-0.05, 0) is 30.4 Å². The minimum absolute atomic E-state index is 0.0645. The second-order valence-electron chi connectivity index (χ2n) is 4.99. The lowest BCUT2D eigenvalue weighted by Gasteiger charge is -2.18. The molecule has 2 nitrogen and oxygen atoms in total. The summed E-state index contributed by atoms with van der Waals surface area (Å²) in [6, 6.07) is 6.17. The van der Waals surface area contributed by atoms with Crippen molar-refractivity contribution in [2.45, 2.75) is 47.0 Å². The van der Waals surface area contributed by atoms with Gasteiger partial charge in [-0.15, -0.1) is 0 Å². The van der Waals surface area contributed by atoms with Gasteiger partial charge in [0.2, 0.25) is 5.91 Å². The van der Waals surface area contributed by atoms with Crippen LogP contribution in [0.25, 0.3) is 0 Å². The largest absolute Gasteiger partial charge is 0.325 e. The molecule has 0 aliphatic rings. The Morgan fingerprint density at radius 3 is 2.47 bits per heavy atom. The molecule has 94 valence electrons. The van der Waals surface area contributed by atoms with Crippen molar-refractivity contribution in [2.75, 3.05) is 5.32 Å². The van der Waals surface area contributed by atoms with Crippen LogP contribution in [-0.2, 0) is 4.79 Å². The molecule has 0 spiro atoms. The standard InChI is InChI=1S/C15H23NO/c1-6-11(4)15(17)16-14-12(5)8-7-9-13(14)10(2)3/h7-11H,6H2,1-5H3,(H,16,17)/t11-/m1/s1. The van der Waals surface area contributed by atoms with Crippen molar-refractivity contribution >= 4 is 11.6 Å². The van der Waals surface area contributed by atoms with Crippen molar-refractivity contribution in [1.82, 2.24) is 0 Å². The fourth-order valence-corrected chi connectivity index (χ4v) is 1.77. The maximum absolute atomic E-state index is 12.0. The van der Waals surface area contributed by atoms with Gasteiger partial charge in [0.1, 0.15) is 0 Å². The van der Waals surface area contributed by atoms with Crippen LogP contribution in [-0.4, -0.2) is 5.91 Å². The number of amides is 1. The molecule has 0 aliphatic heterocycles. The summed E-state index contributed by atoms with van der Waals surface area (Å²) in [5.74, 6) is 0.598. The van der Waals surface area contributed by atoms with Gasteiger partial charge >= 0.3 is 0 Å². The summed E-state index contributed by atoms with van der Waals surface area (Å²) in [5, 5.41) is 3.07. The molecule has 0 aliphatic carbocycles. The normalized spacial score (nSPS) is 12.6. The third-order valence-electron chi connectivity index (χ3n) is 3.24. The second kappa shape index (κ2) is 5.85. The van der Waals surface area contributed by atoms with E-state index < -0.39 is 0 Å². The minimum Gasteiger partial charge on any atom is -0.325 e. The summed E-state index contributed by atoms with van der Waals surface area (Å²) in [4.78, 5) is 12.0. The first-order valence-corrected chi connectivity index (χ1v) is 6.37. The third-order valence-corrected chi connectivity index (χ3v) is 3.24. The molecular weight excluding hydrogens is 210 g/mol. The number of carbonyl (C=O) groups is 1. The lowest BCUT2D eigenvalue weighted by Crippen LogP contribution is -2.21. The molecule has 1 atom stereocenters. The van der Waals surface area contributed by atoms with Crippen LogP contribution in [0, 0.1) is 12.8 Å². The van der Waals surface area contributed by atoms with Gasteiger partial charge in [-0.2, -0.15) is 0 Å². The van der Waals surface area contributed by atoms with Gasteiger partial charge in [0.15, 0.2) is 0 Å². The van der Waals surface area contributed by atoms with Crippen LogP contribution in [0.3, 0.4) is 0 Å². The molecule has 0 fully saturated rings. The van der Waals surface area contributed by atoms with Crippen LogP contribution in [0.4, 0.5) is 5.69 Å². The number of nitrogens with one attached hydrogen (secondary N) is 1. The van der Waals surface area contributed by atoms with E-state index in [0.717, 1.165) is 17.7 Å². The quantitative estimate of drug-likeness (QED) is 0.833. The van der Waals surface area contributed by atoms with E-state index in [-0.39, 0.29) is 11.8 Å². The molecule has 0 radical (unpaired) electrons. The zero-order chi connectivity index (χ0) is 13.0. The molecule has 0 aromatic heterocycles. The Morgan fingerprint density at radius 1 is 1.29 bits per heavy atom. The van der Waals surface area contributed by atoms with E-state index >= 15 is 0 Å². The lowest BCUT2D eigenvalue weighted by molar-refractivity contribution is -0.119. The van der Waals surface area contributed by atoms with Crippen molar-refractivity contribution in [3.8, 4) is 0 Å². The van der Waals surface area contributed by atoms with E-state index in [1.807, 2.05) is 32.9 Å². The first-order chi connectivity index (χ1) is 7.97. The predicted molar refractivity (Wildman–Crippen MR) is 73.4 cm³/mol. The number of para-hydroxylation sites is 1. The van der Waals surface area contributed by atoms with Crippen LogP contribution < -0.4 is 5.32 Å². The molecule has 2 heteroatoms. The highest BCUT2D eigenvalue weighted by Gasteiger charge is 2.15. The fraction of sp³-hybridized carbons (Fsp3) is 0.533. The predicted octanol–water partition coefficient (Wildman–Crippen LogP) is 4.10. The number of aryl methyl sites for hydroxylation is 1. The minimum atomic E-state index is 0.0645. The molecule has 1 rings (SSSR count). The number of hydrogen-bond acceptors (Lipinski definition) is 1. The Labute approximate surface area is 104 Å². The summed E-state index contributed by atoms with van der Waals surface area (Å²) in [5.41, 5.74) is 3.34. The Bertz CT molecular complexity index is 396. The lowest BCUT2D eigenvalue weighted by atomic mass is 9.97. The van der Waals surface area contributed by atoms with Crippen LogP contribution in [0.15, 0.2) is 18.2 Å². The SMILES string of the molecule is CC[C@@H](C)C(=O)Nc1c(C)cccc1C(C)C. The number of carbonyl (C=O) groups excluding carboxylic acids is 1. The molecule has 1 amide bonds. The maximum atomic E-state index is 12.0. The van der Waals surface area contributed by atoms with Crippen molar-refractivity contribution in [1.29, 1.82) is 0 Å². The molecule has 0 saturated heterocycles. The second-order valence-corrected chi connectivity index (χ2v) is 4.99. The van der Waals surface area contributed by atoms with Gasteiger partial charge in [0, 0.05) is 11.6 Å². The van der Waals surface area contributed by atoms with Crippen molar-refractivity contribution in [3.63, 3.8) is 0 Å². The maximum Gasteiger partial charge on any atom is 0.227 e. The Hall–Kier alpha value is -1.31. The summed E-state index contributed by atoms with van der Waals surface area (Å²) in [6.45, 7) is 10.3. The Balaban J connectivity index is 3.01. The summed E-state index contributed by atoms with van der Waals surface area (Å²) in [7, 11) is 0. The van der Waals surface area contributed by atoms with Crippen molar-refractivity contribution in [3.05, 3.63) is 29.3 Å². The van der Waals surface area contributed by atoms with E-state index in [9.17, 15) is 4.79 Å². The topological polar surface area (TPSA) is 29.1 Å². The van der Waals surface area contributed by atoms with E-state index in [1.165, 1.54) is 5.56 Å². The van der Waals surface area contributed by atoms with Crippen LogP contribution in [0.1, 0.15) is 51.2 Å². The zero-order valence-corrected chi connectivity index (χ0v) is 11.5. The average molecular weight is 233 g/mol. The summed E-state index contributed by atoms with van der Waals surface area (Å²) >= 11 is 0. The molecule has 17 heavy (non-hydrogen) atoms. The van der Waals surface area contributed by atoms with Gasteiger partial charge in [-0.25, -0.2) is 0 Å². The molecular formula is C15H23NO. The van der Waals surface area contributed by atoms with Crippen LogP contribution in [0.2, 0.25) is 0 Å². The fourth-order valence-electron chi connectivity index (χ4n) is 1.77. The van der Waals surface area contributed by atoms with E-state index in [4.69, 9.17) is 0 Å². The molecule has 0 saturated carbocycles. The molecule has 1 N–H and O–H groups in total. The number of benzene rings is 1. The number of hydrogen-bond donors (Lipinski definition) is 1. The van der Waals surface area contributed by atoms with Gasteiger partial charge in [-0.3, -0.25) is 4.79 Å². The van der Waals surface area contributed by atoms with E-state index in [2.05, 4.69) is 25.2 Å².